The van der Waals surface area contributed by atoms with Crippen LogP contribution in [0.1, 0.15) is 107 Å². The molecule has 0 spiro atoms. The monoisotopic (exact) mass is 366 g/mol. The zero-order valence-corrected chi connectivity index (χ0v) is 18.7. The van der Waals surface area contributed by atoms with Crippen LogP contribution in [0.25, 0.3) is 10.8 Å². The summed E-state index contributed by atoms with van der Waals surface area (Å²) >= 11 is 0. The van der Waals surface area contributed by atoms with E-state index in [2.05, 4.69) is 52.8 Å². The zero-order chi connectivity index (χ0) is 19.6. The van der Waals surface area contributed by atoms with E-state index < -0.39 is 0 Å². The minimum absolute atomic E-state index is 1.14. The summed E-state index contributed by atoms with van der Waals surface area (Å²) in [5, 5.41) is 3.21. The maximum Gasteiger partial charge on any atom is -0.0114 e. The third kappa shape index (κ3) is 5.15. The smallest absolute Gasteiger partial charge is 0.0114 e. The van der Waals surface area contributed by atoms with E-state index in [1.54, 1.807) is 38.6 Å². The van der Waals surface area contributed by atoms with Crippen LogP contribution in [0.5, 0.6) is 0 Å². The molecule has 0 bridgehead atoms. The maximum absolute atomic E-state index is 2.43. The molecule has 0 aliphatic carbocycles. The van der Waals surface area contributed by atoms with Crippen molar-refractivity contribution < 1.29 is 0 Å². The molecular weight excluding hydrogens is 324 g/mol. The lowest BCUT2D eigenvalue weighted by Crippen LogP contribution is -2.09. The van der Waals surface area contributed by atoms with Crippen molar-refractivity contribution in [1.29, 1.82) is 0 Å². The Bertz CT molecular complexity index is 708. The van der Waals surface area contributed by atoms with Gasteiger partial charge in [0.05, 0.1) is 0 Å². The van der Waals surface area contributed by atoms with E-state index in [-0.39, 0.29) is 0 Å². The van der Waals surface area contributed by atoms with Crippen LogP contribution in [0.15, 0.2) is 18.2 Å². The lowest BCUT2D eigenvalue weighted by atomic mass is 9.80. The third-order valence-electron chi connectivity index (χ3n) is 6.09. The maximum atomic E-state index is 2.43. The molecule has 0 nitrogen and oxygen atoms in total. The Morgan fingerprint density at radius 1 is 0.556 bits per heavy atom. The van der Waals surface area contributed by atoms with Crippen molar-refractivity contribution in [3.8, 4) is 0 Å². The molecule has 0 atom stereocenters. The molecule has 2 aromatic rings. The van der Waals surface area contributed by atoms with Crippen molar-refractivity contribution in [3.63, 3.8) is 0 Å². The average Bonchev–Trinajstić information content (AvgIpc) is 2.70. The number of unbranched alkanes of at least 4 members (excludes halogenated alkanes) is 3. The van der Waals surface area contributed by atoms with Gasteiger partial charge in [-0.1, -0.05) is 78.5 Å². The molecule has 0 heteroatoms. The number of benzene rings is 2. The fourth-order valence-electron chi connectivity index (χ4n) is 4.66. The van der Waals surface area contributed by atoms with E-state index >= 15 is 0 Å². The molecule has 0 saturated carbocycles. The van der Waals surface area contributed by atoms with Crippen LogP contribution < -0.4 is 0 Å². The van der Waals surface area contributed by atoms with Crippen LogP contribution in [0, 0.1) is 0 Å². The first-order chi connectivity index (χ1) is 13.2. The predicted octanol–water partition coefficient (Wildman–Crippen LogP) is 8.38. The number of fused-ring (bicyclic) bond motifs is 1. The summed E-state index contributed by atoms with van der Waals surface area (Å²) in [6.45, 7) is 11.7. The molecule has 27 heavy (non-hydrogen) atoms. The van der Waals surface area contributed by atoms with Crippen molar-refractivity contribution in [2.24, 2.45) is 0 Å². The highest BCUT2D eigenvalue weighted by Gasteiger charge is 2.19. The van der Waals surface area contributed by atoms with Gasteiger partial charge in [0.15, 0.2) is 0 Å². The van der Waals surface area contributed by atoms with E-state index in [0.717, 1.165) is 6.42 Å². The molecule has 0 aliphatic rings. The Kier molecular flexibility index (Phi) is 9.39. The summed E-state index contributed by atoms with van der Waals surface area (Å²) in [6, 6.07) is 7.11. The van der Waals surface area contributed by atoms with Crippen LogP contribution in [0.4, 0.5) is 0 Å². The molecule has 0 radical (unpaired) electrons. The van der Waals surface area contributed by atoms with E-state index in [1.807, 2.05) is 0 Å². The van der Waals surface area contributed by atoms with Crippen molar-refractivity contribution >= 4 is 10.8 Å². The van der Waals surface area contributed by atoms with E-state index in [4.69, 9.17) is 0 Å². The van der Waals surface area contributed by atoms with Crippen LogP contribution in [0.2, 0.25) is 0 Å². The van der Waals surface area contributed by atoms with Crippen molar-refractivity contribution in [1.82, 2.24) is 0 Å². The van der Waals surface area contributed by atoms with Gasteiger partial charge in [-0.2, -0.15) is 0 Å². The molecular formula is C27H42. The van der Waals surface area contributed by atoms with Gasteiger partial charge in [-0.05, 0) is 90.0 Å². The standard InChI is InChI=1S/C27H42/c1-6-11-17-22-23(18-12-7-2)25(15-9-4)27-21(10-5)16-14-20-26(27)24(22)19-13-8-3/h14,16,20H,6-13,15,17-19H2,1-5H3. The highest BCUT2D eigenvalue weighted by Crippen LogP contribution is 2.37. The lowest BCUT2D eigenvalue weighted by Gasteiger charge is -2.24. The highest BCUT2D eigenvalue weighted by molar-refractivity contribution is 5.94. The van der Waals surface area contributed by atoms with Crippen LogP contribution in [-0.4, -0.2) is 0 Å². The Hall–Kier alpha value is -1.30. The lowest BCUT2D eigenvalue weighted by molar-refractivity contribution is 0.730. The number of aryl methyl sites for hydroxylation is 3. The molecule has 0 heterocycles. The van der Waals surface area contributed by atoms with Gasteiger partial charge in [-0.15, -0.1) is 0 Å². The van der Waals surface area contributed by atoms with E-state index in [9.17, 15) is 0 Å². The molecule has 0 aliphatic heterocycles. The molecule has 150 valence electrons. The second-order valence-electron chi connectivity index (χ2n) is 8.17. The first-order valence-electron chi connectivity index (χ1n) is 11.8. The van der Waals surface area contributed by atoms with Crippen LogP contribution >= 0.6 is 0 Å². The Balaban J connectivity index is 2.84. The molecule has 2 rings (SSSR count). The molecule has 0 aromatic heterocycles. The molecule has 0 N–H and O–H groups in total. The number of rotatable bonds is 12. The van der Waals surface area contributed by atoms with Gasteiger partial charge in [-0.3, -0.25) is 0 Å². The Morgan fingerprint density at radius 3 is 1.63 bits per heavy atom. The third-order valence-corrected chi connectivity index (χ3v) is 6.09. The fourth-order valence-corrected chi connectivity index (χ4v) is 4.66. The van der Waals surface area contributed by atoms with Gasteiger partial charge in [0.25, 0.3) is 0 Å². The quantitative estimate of drug-likeness (QED) is 0.354. The largest absolute Gasteiger partial charge is 0.0654 e. The summed E-state index contributed by atoms with van der Waals surface area (Å²) in [5.74, 6) is 0. The predicted molar refractivity (Wildman–Crippen MR) is 123 cm³/mol. The molecule has 0 fully saturated rings. The molecule has 0 unspecified atom stereocenters. The van der Waals surface area contributed by atoms with Gasteiger partial charge in [0.1, 0.15) is 0 Å². The summed E-state index contributed by atoms with van der Waals surface area (Å²) < 4.78 is 0. The van der Waals surface area contributed by atoms with E-state index in [0.29, 0.717) is 0 Å². The second-order valence-corrected chi connectivity index (χ2v) is 8.17. The van der Waals surface area contributed by atoms with Gasteiger partial charge in [-0.25, -0.2) is 0 Å². The topological polar surface area (TPSA) is 0 Å². The Labute approximate surface area is 168 Å². The zero-order valence-electron chi connectivity index (χ0n) is 18.7. The van der Waals surface area contributed by atoms with Crippen LogP contribution in [0.3, 0.4) is 0 Å². The summed E-state index contributed by atoms with van der Waals surface area (Å²) in [5.41, 5.74) is 8.44. The fraction of sp³-hybridized carbons (Fsp3) is 0.630. The van der Waals surface area contributed by atoms with E-state index in [1.165, 1.54) is 70.6 Å². The second kappa shape index (κ2) is 11.5. The highest BCUT2D eigenvalue weighted by atomic mass is 14.2. The molecule has 0 saturated heterocycles. The summed E-state index contributed by atoms with van der Waals surface area (Å²) in [7, 11) is 0. The minimum Gasteiger partial charge on any atom is -0.0654 e. The molecule has 0 amide bonds. The SMILES string of the molecule is CCCCc1c(CCCC)c(CCC)c2c(CC)cccc2c1CCCC. The van der Waals surface area contributed by atoms with Gasteiger partial charge in [0.2, 0.25) is 0 Å². The number of hydrogen-bond acceptors (Lipinski definition) is 0. The average molecular weight is 367 g/mol. The first-order valence-corrected chi connectivity index (χ1v) is 11.8. The van der Waals surface area contributed by atoms with Gasteiger partial charge < -0.3 is 0 Å². The molecule has 2 aromatic carbocycles. The summed E-state index contributed by atoms with van der Waals surface area (Å²) in [6.07, 6.45) is 15.2. The minimum atomic E-state index is 1.14. The van der Waals surface area contributed by atoms with Crippen molar-refractivity contribution in [2.75, 3.05) is 0 Å². The van der Waals surface area contributed by atoms with Crippen molar-refractivity contribution in [3.05, 3.63) is 46.0 Å². The normalized spacial score (nSPS) is 11.4. The van der Waals surface area contributed by atoms with Gasteiger partial charge >= 0.3 is 0 Å². The first kappa shape index (κ1) is 22.0. The van der Waals surface area contributed by atoms with Crippen molar-refractivity contribution in [2.45, 2.75) is 112 Å². The Morgan fingerprint density at radius 2 is 1.11 bits per heavy atom. The van der Waals surface area contributed by atoms with Crippen LogP contribution in [-0.2, 0) is 32.1 Å². The van der Waals surface area contributed by atoms with Gasteiger partial charge in [0, 0.05) is 0 Å². The summed E-state index contributed by atoms with van der Waals surface area (Å²) in [4.78, 5) is 0. The number of hydrogen-bond donors (Lipinski definition) is 0.